The molecule has 1 aliphatic heterocycles. The van der Waals surface area contributed by atoms with E-state index in [1.807, 2.05) is 6.07 Å². The number of halogens is 4. The van der Waals surface area contributed by atoms with Crippen LogP contribution in [0, 0.1) is 23.3 Å². The zero-order chi connectivity index (χ0) is 19.8. The Morgan fingerprint density at radius 3 is 2.25 bits per heavy atom. The average Bonchev–Trinajstić information content (AvgIpc) is 2.69. The second kappa shape index (κ2) is 7.19. The number of ether oxygens (including phenoxy) is 1. The van der Waals surface area contributed by atoms with E-state index in [-0.39, 0.29) is 17.8 Å². The van der Waals surface area contributed by atoms with Crippen molar-refractivity contribution in [3.63, 3.8) is 0 Å². The molecule has 0 fully saturated rings. The molecule has 0 aliphatic carbocycles. The van der Waals surface area contributed by atoms with Crippen LogP contribution in [-0.2, 0) is 6.42 Å². The van der Waals surface area contributed by atoms with Crippen molar-refractivity contribution in [3.8, 4) is 5.75 Å². The van der Waals surface area contributed by atoms with Crippen LogP contribution in [0.1, 0.15) is 22.7 Å². The van der Waals surface area contributed by atoms with Gasteiger partial charge in [0.15, 0.2) is 11.6 Å². The van der Waals surface area contributed by atoms with Crippen LogP contribution in [0.25, 0.3) is 0 Å². The summed E-state index contributed by atoms with van der Waals surface area (Å²) in [5.74, 6) is -2.91. The van der Waals surface area contributed by atoms with Gasteiger partial charge in [-0.1, -0.05) is 24.3 Å². The molecule has 3 aromatic rings. The topological polar surface area (TPSA) is 12.5 Å². The van der Waals surface area contributed by atoms with Gasteiger partial charge in [-0.2, -0.15) is 0 Å². The number of rotatable bonds is 3. The minimum absolute atomic E-state index is 0.0220. The predicted molar refractivity (Wildman–Crippen MR) is 98.6 cm³/mol. The van der Waals surface area contributed by atoms with Crippen LogP contribution in [0.4, 0.5) is 23.2 Å². The van der Waals surface area contributed by atoms with E-state index >= 15 is 0 Å². The van der Waals surface area contributed by atoms with Crippen molar-refractivity contribution in [3.05, 3.63) is 94.6 Å². The van der Waals surface area contributed by atoms with E-state index in [4.69, 9.17) is 4.74 Å². The Morgan fingerprint density at radius 1 is 0.857 bits per heavy atom. The maximum atomic E-state index is 14.7. The molecule has 0 spiro atoms. The van der Waals surface area contributed by atoms with Gasteiger partial charge in [-0.05, 0) is 47.9 Å². The van der Waals surface area contributed by atoms with Gasteiger partial charge < -0.3 is 9.64 Å². The normalized spacial score (nSPS) is 16.0. The molecule has 0 bridgehead atoms. The summed E-state index contributed by atoms with van der Waals surface area (Å²) < 4.78 is 63.0. The molecule has 144 valence electrons. The van der Waals surface area contributed by atoms with E-state index < -0.39 is 29.3 Å². The molecular formula is C22H17F4NO. The van der Waals surface area contributed by atoms with Gasteiger partial charge in [-0.3, -0.25) is 0 Å². The maximum Gasteiger partial charge on any atom is 0.164 e. The Morgan fingerprint density at radius 2 is 1.54 bits per heavy atom. The summed E-state index contributed by atoms with van der Waals surface area (Å²) in [7, 11) is 1.54. The minimum Gasteiger partial charge on any atom is -0.497 e. The molecule has 0 saturated carbocycles. The first-order chi connectivity index (χ1) is 13.5. The van der Waals surface area contributed by atoms with Crippen LogP contribution in [0.5, 0.6) is 5.75 Å². The first-order valence-electron chi connectivity index (χ1n) is 8.82. The highest BCUT2D eigenvalue weighted by molar-refractivity contribution is 5.58. The Balaban J connectivity index is 1.95. The molecule has 3 aromatic carbocycles. The quantitative estimate of drug-likeness (QED) is 0.558. The molecule has 1 aliphatic rings. The Bertz CT molecular complexity index is 1020. The summed E-state index contributed by atoms with van der Waals surface area (Å²) in [4.78, 5) is 1.46. The predicted octanol–water partition coefficient (Wildman–Crippen LogP) is 5.40. The van der Waals surface area contributed by atoms with E-state index in [1.165, 1.54) is 30.2 Å². The van der Waals surface area contributed by atoms with Gasteiger partial charge in [0.2, 0.25) is 0 Å². The van der Waals surface area contributed by atoms with Gasteiger partial charge >= 0.3 is 0 Å². The molecule has 28 heavy (non-hydrogen) atoms. The number of hydrogen-bond acceptors (Lipinski definition) is 2. The van der Waals surface area contributed by atoms with Crippen LogP contribution >= 0.6 is 0 Å². The standard InChI is InChI=1S/C22H17F4NO/c1-28-14-8-9-15-13(12-14)10-11-27(22-18(24)6-3-7-19(22)25)21(15)16-4-2-5-17(23)20(16)26/h2-9,12,21H,10-11H2,1H3/t21-/m0/s1. The number of fused-ring (bicyclic) bond motifs is 1. The number of anilines is 1. The fourth-order valence-corrected chi connectivity index (χ4v) is 3.80. The molecule has 1 heterocycles. The zero-order valence-corrected chi connectivity index (χ0v) is 15.1. The van der Waals surface area contributed by atoms with Crippen molar-refractivity contribution >= 4 is 5.69 Å². The van der Waals surface area contributed by atoms with Gasteiger partial charge in [0.25, 0.3) is 0 Å². The fourth-order valence-electron chi connectivity index (χ4n) is 3.80. The third-order valence-corrected chi connectivity index (χ3v) is 5.08. The van der Waals surface area contributed by atoms with Crippen molar-refractivity contribution in [1.29, 1.82) is 0 Å². The van der Waals surface area contributed by atoms with Crippen molar-refractivity contribution in [2.24, 2.45) is 0 Å². The molecule has 0 saturated heterocycles. The molecule has 4 rings (SSSR count). The fraction of sp³-hybridized carbons (Fsp3) is 0.182. The smallest absolute Gasteiger partial charge is 0.164 e. The van der Waals surface area contributed by atoms with E-state index in [9.17, 15) is 17.6 Å². The zero-order valence-electron chi connectivity index (χ0n) is 15.1. The third-order valence-electron chi connectivity index (χ3n) is 5.08. The van der Waals surface area contributed by atoms with Crippen molar-refractivity contribution in [2.45, 2.75) is 12.5 Å². The average molecular weight is 387 g/mol. The summed E-state index contributed by atoms with van der Waals surface area (Å²) in [6, 6.07) is 11.8. The number of methoxy groups -OCH3 is 1. The van der Waals surface area contributed by atoms with Gasteiger partial charge in [0.1, 0.15) is 23.1 Å². The minimum atomic E-state index is -1.03. The lowest BCUT2D eigenvalue weighted by Gasteiger charge is -2.39. The molecule has 0 unspecified atom stereocenters. The van der Waals surface area contributed by atoms with Crippen LogP contribution in [0.2, 0.25) is 0 Å². The molecule has 2 nitrogen and oxygen atoms in total. The first kappa shape index (κ1) is 18.3. The molecule has 0 aromatic heterocycles. The second-order valence-electron chi connectivity index (χ2n) is 6.62. The lowest BCUT2D eigenvalue weighted by Crippen LogP contribution is -2.38. The number of hydrogen-bond donors (Lipinski definition) is 0. The van der Waals surface area contributed by atoms with Crippen molar-refractivity contribution < 1.29 is 22.3 Å². The van der Waals surface area contributed by atoms with Gasteiger partial charge in [-0.15, -0.1) is 0 Å². The largest absolute Gasteiger partial charge is 0.497 e. The van der Waals surface area contributed by atoms with Crippen LogP contribution in [-0.4, -0.2) is 13.7 Å². The molecular weight excluding hydrogens is 370 g/mol. The van der Waals surface area contributed by atoms with E-state index in [0.717, 1.165) is 23.8 Å². The van der Waals surface area contributed by atoms with Crippen LogP contribution in [0.15, 0.2) is 54.6 Å². The van der Waals surface area contributed by atoms with Crippen LogP contribution < -0.4 is 9.64 Å². The van der Waals surface area contributed by atoms with E-state index in [1.54, 1.807) is 12.1 Å². The Labute approximate surface area is 160 Å². The molecule has 1 atom stereocenters. The van der Waals surface area contributed by atoms with E-state index in [0.29, 0.717) is 17.7 Å². The lowest BCUT2D eigenvalue weighted by molar-refractivity contribution is 0.413. The highest BCUT2D eigenvalue weighted by Gasteiger charge is 2.34. The monoisotopic (exact) mass is 387 g/mol. The highest BCUT2D eigenvalue weighted by Crippen LogP contribution is 2.42. The third kappa shape index (κ3) is 2.99. The highest BCUT2D eigenvalue weighted by atomic mass is 19.2. The van der Waals surface area contributed by atoms with Gasteiger partial charge in [-0.25, -0.2) is 17.6 Å². The molecule has 6 heteroatoms. The Kier molecular flexibility index (Phi) is 4.71. The van der Waals surface area contributed by atoms with E-state index in [2.05, 4.69) is 0 Å². The summed E-state index contributed by atoms with van der Waals surface area (Å²) >= 11 is 0. The number of benzene rings is 3. The lowest BCUT2D eigenvalue weighted by atomic mass is 9.87. The molecule has 0 radical (unpaired) electrons. The van der Waals surface area contributed by atoms with Gasteiger partial charge in [0, 0.05) is 12.1 Å². The van der Waals surface area contributed by atoms with Crippen LogP contribution in [0.3, 0.4) is 0 Å². The number of para-hydroxylation sites is 1. The molecule has 0 amide bonds. The first-order valence-corrected chi connectivity index (χ1v) is 8.82. The summed E-state index contributed by atoms with van der Waals surface area (Å²) in [5.41, 5.74) is 1.28. The molecule has 0 N–H and O–H groups in total. The van der Waals surface area contributed by atoms with Gasteiger partial charge in [0.05, 0.1) is 13.2 Å². The summed E-state index contributed by atoms with van der Waals surface area (Å²) in [5, 5.41) is 0. The number of nitrogens with zero attached hydrogens (tertiary/aromatic N) is 1. The van der Waals surface area contributed by atoms with Crippen molar-refractivity contribution in [2.75, 3.05) is 18.6 Å². The Hall–Kier alpha value is -3.02. The SMILES string of the molecule is COc1ccc2c(c1)CCN(c1c(F)cccc1F)[C@@H]2c1cccc(F)c1F. The summed E-state index contributed by atoms with van der Waals surface area (Å²) in [6.45, 7) is 0.235. The maximum absolute atomic E-state index is 14.7. The van der Waals surface area contributed by atoms with Crippen molar-refractivity contribution in [1.82, 2.24) is 0 Å². The second-order valence-corrected chi connectivity index (χ2v) is 6.62. The summed E-state index contributed by atoms with van der Waals surface area (Å²) in [6.07, 6.45) is 0.480.